The van der Waals surface area contributed by atoms with Crippen molar-refractivity contribution in [3.63, 3.8) is 0 Å². The molecule has 4 aromatic rings. The topological polar surface area (TPSA) is 18.5 Å². The Hall–Kier alpha value is -3.52. The Balaban J connectivity index is 1.93. The smallest absolute Gasteiger partial charge is 0.118 e. The van der Waals surface area contributed by atoms with Crippen LogP contribution in [0.25, 0.3) is 11.1 Å². The monoisotopic (exact) mass is 504 g/mol. The quantitative estimate of drug-likeness (QED) is 0.230. The molecule has 0 aliphatic heterocycles. The highest BCUT2D eigenvalue weighted by Crippen LogP contribution is 2.57. The second kappa shape index (κ2) is 9.34. The number of rotatable bonds is 6. The average molecular weight is 505 g/mol. The molecule has 0 aromatic heterocycles. The largest absolute Gasteiger partial charge is 0.497 e. The number of methoxy groups -OCH3 is 2. The second-order valence-corrected chi connectivity index (χ2v) is 12.2. The Morgan fingerprint density at radius 3 is 1.39 bits per heavy atom. The summed E-state index contributed by atoms with van der Waals surface area (Å²) in [4.78, 5) is 0. The predicted octanol–water partition coefficient (Wildman–Crippen LogP) is 9.05. The number of fused-ring (bicyclic) bond motifs is 3. The molecule has 2 heteroatoms. The summed E-state index contributed by atoms with van der Waals surface area (Å²) in [6, 6.07) is 31.6. The molecular formula is C36H40O2. The van der Waals surface area contributed by atoms with Crippen LogP contribution in [-0.2, 0) is 16.2 Å². The summed E-state index contributed by atoms with van der Waals surface area (Å²) in [6.07, 6.45) is 1.07. The van der Waals surface area contributed by atoms with Crippen molar-refractivity contribution in [3.05, 3.63) is 118 Å². The summed E-state index contributed by atoms with van der Waals surface area (Å²) < 4.78 is 11.1. The van der Waals surface area contributed by atoms with Gasteiger partial charge in [-0.1, -0.05) is 102 Å². The lowest BCUT2D eigenvalue weighted by Gasteiger charge is -2.36. The van der Waals surface area contributed by atoms with E-state index in [1.807, 2.05) is 0 Å². The molecule has 0 spiro atoms. The van der Waals surface area contributed by atoms with Gasteiger partial charge in [-0.3, -0.25) is 0 Å². The molecule has 0 heterocycles. The third-order valence-corrected chi connectivity index (χ3v) is 8.71. The van der Waals surface area contributed by atoms with Crippen LogP contribution in [0.2, 0.25) is 0 Å². The molecule has 0 N–H and O–H groups in total. The van der Waals surface area contributed by atoms with Crippen molar-refractivity contribution in [2.45, 2.75) is 64.2 Å². The van der Waals surface area contributed by atoms with Crippen molar-refractivity contribution in [2.75, 3.05) is 14.2 Å². The SMILES string of the molecule is CCC(C)(C)c1ccc2c(c1)C(c1ccc(OC)cc1)(c1ccc(OC)cc1)c1cc(C(C)(C)C)ccc1-2. The van der Waals surface area contributed by atoms with E-state index in [1.54, 1.807) is 14.2 Å². The van der Waals surface area contributed by atoms with Gasteiger partial charge in [-0.2, -0.15) is 0 Å². The second-order valence-electron chi connectivity index (χ2n) is 12.2. The van der Waals surface area contributed by atoms with Gasteiger partial charge in [0.2, 0.25) is 0 Å². The van der Waals surface area contributed by atoms with E-state index in [4.69, 9.17) is 9.47 Å². The van der Waals surface area contributed by atoms with Gasteiger partial charge < -0.3 is 9.47 Å². The van der Waals surface area contributed by atoms with Crippen LogP contribution in [0.1, 0.15) is 81.3 Å². The van der Waals surface area contributed by atoms with E-state index >= 15 is 0 Å². The van der Waals surface area contributed by atoms with Crippen molar-refractivity contribution >= 4 is 0 Å². The molecule has 0 fully saturated rings. The minimum Gasteiger partial charge on any atom is -0.497 e. The summed E-state index contributed by atoms with van der Waals surface area (Å²) in [5.74, 6) is 1.72. The standard InChI is InChI=1S/C36H40O2/c1-9-35(5,6)27-15-21-31-30-20-14-26(34(2,3)4)22-32(30)36(33(31)23-27,24-10-16-28(37-7)17-11-24)25-12-18-29(38-8)19-13-25/h10-23H,9H2,1-8H3. The summed E-state index contributed by atoms with van der Waals surface area (Å²) in [7, 11) is 3.45. The van der Waals surface area contributed by atoms with E-state index in [9.17, 15) is 0 Å². The molecule has 1 aliphatic rings. The summed E-state index contributed by atoms with van der Waals surface area (Å²) in [5, 5.41) is 0. The molecule has 0 saturated heterocycles. The summed E-state index contributed by atoms with van der Waals surface area (Å²) >= 11 is 0. The van der Waals surface area contributed by atoms with Gasteiger partial charge in [-0.15, -0.1) is 0 Å². The van der Waals surface area contributed by atoms with E-state index < -0.39 is 5.41 Å². The van der Waals surface area contributed by atoms with Gasteiger partial charge in [0.15, 0.2) is 0 Å². The first-order valence-corrected chi connectivity index (χ1v) is 13.7. The van der Waals surface area contributed by atoms with Gasteiger partial charge in [-0.05, 0) is 86.0 Å². The minimum absolute atomic E-state index is 0.0325. The van der Waals surface area contributed by atoms with E-state index in [0.717, 1.165) is 17.9 Å². The van der Waals surface area contributed by atoms with E-state index in [1.165, 1.54) is 44.5 Å². The molecule has 38 heavy (non-hydrogen) atoms. The highest BCUT2D eigenvalue weighted by Gasteiger charge is 2.47. The summed E-state index contributed by atoms with van der Waals surface area (Å²) in [6.45, 7) is 13.8. The molecular weight excluding hydrogens is 464 g/mol. The molecule has 0 radical (unpaired) electrons. The fourth-order valence-corrected chi connectivity index (χ4v) is 5.89. The number of hydrogen-bond donors (Lipinski definition) is 0. The summed E-state index contributed by atoms with van der Waals surface area (Å²) in [5.41, 5.74) is 10.1. The van der Waals surface area contributed by atoms with Crippen LogP contribution in [0.4, 0.5) is 0 Å². The van der Waals surface area contributed by atoms with Gasteiger partial charge >= 0.3 is 0 Å². The zero-order chi connectivity index (χ0) is 27.3. The molecule has 196 valence electrons. The Labute approximate surface area is 228 Å². The molecule has 2 nitrogen and oxygen atoms in total. The highest BCUT2D eigenvalue weighted by molar-refractivity contribution is 5.87. The lowest BCUT2D eigenvalue weighted by atomic mass is 9.66. The molecule has 0 unspecified atom stereocenters. The van der Waals surface area contributed by atoms with Crippen molar-refractivity contribution in [1.82, 2.24) is 0 Å². The fourth-order valence-electron chi connectivity index (χ4n) is 5.89. The zero-order valence-electron chi connectivity index (χ0n) is 24.1. The first-order chi connectivity index (χ1) is 18.1. The zero-order valence-corrected chi connectivity index (χ0v) is 24.1. The molecule has 5 rings (SSSR count). The van der Waals surface area contributed by atoms with Crippen LogP contribution in [0, 0.1) is 0 Å². The van der Waals surface area contributed by atoms with Crippen LogP contribution < -0.4 is 9.47 Å². The number of hydrogen-bond acceptors (Lipinski definition) is 2. The highest BCUT2D eigenvalue weighted by atomic mass is 16.5. The Bertz CT molecular complexity index is 1400. The maximum atomic E-state index is 5.57. The van der Waals surface area contributed by atoms with Crippen molar-refractivity contribution in [1.29, 1.82) is 0 Å². The van der Waals surface area contributed by atoms with Gasteiger partial charge in [0.1, 0.15) is 11.5 Å². The Morgan fingerprint density at radius 2 is 1.00 bits per heavy atom. The van der Waals surface area contributed by atoms with Crippen molar-refractivity contribution < 1.29 is 9.47 Å². The van der Waals surface area contributed by atoms with E-state index in [-0.39, 0.29) is 10.8 Å². The van der Waals surface area contributed by atoms with E-state index in [2.05, 4.69) is 126 Å². The molecule has 0 saturated carbocycles. The predicted molar refractivity (Wildman–Crippen MR) is 159 cm³/mol. The van der Waals surface area contributed by atoms with Crippen molar-refractivity contribution in [3.8, 4) is 22.6 Å². The Kier molecular flexibility index (Phi) is 6.42. The molecule has 0 amide bonds. The van der Waals surface area contributed by atoms with Crippen molar-refractivity contribution in [2.24, 2.45) is 0 Å². The molecule has 0 atom stereocenters. The van der Waals surface area contributed by atoms with Crippen LogP contribution in [0.15, 0.2) is 84.9 Å². The van der Waals surface area contributed by atoms with E-state index in [0.29, 0.717) is 0 Å². The molecule has 1 aliphatic carbocycles. The van der Waals surface area contributed by atoms with Crippen LogP contribution in [-0.4, -0.2) is 14.2 Å². The van der Waals surface area contributed by atoms with Gasteiger partial charge in [0.25, 0.3) is 0 Å². The fraction of sp³-hybridized carbons (Fsp3) is 0.333. The number of ether oxygens (including phenoxy) is 2. The third-order valence-electron chi connectivity index (χ3n) is 8.71. The van der Waals surface area contributed by atoms with Crippen LogP contribution in [0.5, 0.6) is 11.5 Å². The lowest BCUT2D eigenvalue weighted by molar-refractivity contribution is 0.414. The molecule has 4 aromatic carbocycles. The minimum atomic E-state index is -0.468. The first kappa shape index (κ1) is 26.1. The maximum Gasteiger partial charge on any atom is 0.118 e. The normalized spacial score (nSPS) is 14.1. The van der Waals surface area contributed by atoms with Gasteiger partial charge in [-0.25, -0.2) is 0 Å². The first-order valence-electron chi connectivity index (χ1n) is 13.7. The van der Waals surface area contributed by atoms with Crippen LogP contribution in [0.3, 0.4) is 0 Å². The Morgan fingerprint density at radius 1 is 0.579 bits per heavy atom. The average Bonchev–Trinajstić information content (AvgIpc) is 3.22. The number of benzene rings is 4. The molecule has 0 bridgehead atoms. The maximum absolute atomic E-state index is 5.57. The lowest BCUT2D eigenvalue weighted by Crippen LogP contribution is -2.30. The van der Waals surface area contributed by atoms with Crippen LogP contribution >= 0.6 is 0 Å². The third kappa shape index (κ3) is 4.02. The van der Waals surface area contributed by atoms with Gasteiger partial charge in [0, 0.05) is 0 Å². The van der Waals surface area contributed by atoms with Gasteiger partial charge in [0.05, 0.1) is 19.6 Å².